The molecule has 3 nitrogen and oxygen atoms in total. The number of hydrogen-bond acceptors (Lipinski definition) is 3. The molecule has 1 rings (SSSR count). The number of aliphatic hydroxyl groups is 1. The molecule has 5 heteroatoms. The molecule has 0 saturated carbocycles. The molecule has 2 unspecified atom stereocenters. The highest BCUT2D eigenvalue weighted by molar-refractivity contribution is 7.99. The summed E-state index contributed by atoms with van der Waals surface area (Å²) in [6, 6.07) is 6.20. The molecule has 0 fully saturated rings. The van der Waals surface area contributed by atoms with Gasteiger partial charge in [0.2, 0.25) is 5.91 Å². The zero-order chi connectivity index (χ0) is 14.3. The number of aliphatic hydroxyl groups excluding tert-OH is 1. The van der Waals surface area contributed by atoms with Crippen LogP contribution in [0.5, 0.6) is 0 Å². The normalized spacial score (nSPS) is 13.9. The maximum Gasteiger partial charge on any atom is 0.221 e. The van der Waals surface area contributed by atoms with Gasteiger partial charge in [-0.05, 0) is 44.5 Å². The minimum absolute atomic E-state index is 0.0247. The van der Waals surface area contributed by atoms with E-state index in [1.54, 1.807) is 19.1 Å². The highest BCUT2D eigenvalue weighted by atomic mass is 32.2. The summed E-state index contributed by atoms with van der Waals surface area (Å²) in [7, 11) is 0. The van der Waals surface area contributed by atoms with Crippen LogP contribution < -0.4 is 5.32 Å². The first kappa shape index (κ1) is 16.0. The summed E-state index contributed by atoms with van der Waals surface area (Å²) >= 11 is 1.52. The molecule has 19 heavy (non-hydrogen) atoms. The third-order valence-electron chi connectivity index (χ3n) is 2.51. The van der Waals surface area contributed by atoms with Crippen molar-refractivity contribution in [1.82, 2.24) is 5.32 Å². The van der Waals surface area contributed by atoms with Crippen LogP contribution in [0.4, 0.5) is 4.39 Å². The van der Waals surface area contributed by atoms with Gasteiger partial charge in [-0.3, -0.25) is 4.79 Å². The Morgan fingerprint density at radius 1 is 1.37 bits per heavy atom. The van der Waals surface area contributed by atoms with E-state index in [-0.39, 0.29) is 17.8 Å². The van der Waals surface area contributed by atoms with Gasteiger partial charge in [-0.15, -0.1) is 11.8 Å². The second-order valence-corrected chi connectivity index (χ2v) is 5.77. The summed E-state index contributed by atoms with van der Waals surface area (Å²) in [4.78, 5) is 12.6. The Hall–Kier alpha value is -1.07. The molecular weight excluding hydrogens is 265 g/mol. The van der Waals surface area contributed by atoms with Crippen LogP contribution in [0, 0.1) is 5.82 Å². The Bertz CT molecular complexity index is 395. The SMILES string of the molecule is CC(O)CC(C)NC(=O)CCSc1ccc(F)cc1. The van der Waals surface area contributed by atoms with Crippen molar-refractivity contribution in [2.24, 2.45) is 0 Å². The summed E-state index contributed by atoms with van der Waals surface area (Å²) in [6.45, 7) is 3.57. The standard InChI is InChI=1S/C14H20FNO2S/c1-10(9-11(2)17)16-14(18)7-8-19-13-5-3-12(15)4-6-13/h3-6,10-11,17H,7-9H2,1-2H3,(H,16,18). The number of halogens is 1. The average molecular weight is 285 g/mol. The maximum atomic E-state index is 12.7. The molecule has 0 aromatic heterocycles. The zero-order valence-corrected chi connectivity index (χ0v) is 12.0. The number of thioether (sulfide) groups is 1. The van der Waals surface area contributed by atoms with E-state index in [9.17, 15) is 14.3 Å². The highest BCUT2D eigenvalue weighted by Crippen LogP contribution is 2.18. The molecule has 0 radical (unpaired) electrons. The Kier molecular flexibility index (Phi) is 6.87. The van der Waals surface area contributed by atoms with E-state index in [0.717, 1.165) is 4.90 Å². The van der Waals surface area contributed by atoms with Gasteiger partial charge in [0.25, 0.3) is 0 Å². The molecule has 2 N–H and O–H groups in total. The first-order chi connectivity index (χ1) is 8.97. The van der Waals surface area contributed by atoms with Gasteiger partial charge in [0.15, 0.2) is 0 Å². The molecule has 0 saturated heterocycles. The molecule has 1 aromatic carbocycles. The van der Waals surface area contributed by atoms with Crippen molar-refractivity contribution in [1.29, 1.82) is 0 Å². The maximum absolute atomic E-state index is 12.7. The Morgan fingerprint density at radius 3 is 2.58 bits per heavy atom. The fourth-order valence-corrected chi connectivity index (χ4v) is 2.56. The van der Waals surface area contributed by atoms with Crippen molar-refractivity contribution < 1.29 is 14.3 Å². The van der Waals surface area contributed by atoms with Crippen LogP contribution >= 0.6 is 11.8 Å². The van der Waals surface area contributed by atoms with Crippen LogP contribution in [0.15, 0.2) is 29.2 Å². The molecule has 1 aromatic rings. The van der Waals surface area contributed by atoms with Gasteiger partial charge >= 0.3 is 0 Å². The number of rotatable bonds is 7. The lowest BCUT2D eigenvalue weighted by Gasteiger charge is -2.15. The van der Waals surface area contributed by atoms with E-state index < -0.39 is 6.10 Å². The number of nitrogens with one attached hydrogen (secondary N) is 1. The van der Waals surface area contributed by atoms with E-state index >= 15 is 0 Å². The molecule has 0 heterocycles. The second kappa shape index (κ2) is 8.17. The molecule has 1 amide bonds. The third-order valence-corrected chi connectivity index (χ3v) is 3.53. The van der Waals surface area contributed by atoms with Gasteiger partial charge in [0.05, 0.1) is 6.10 Å². The molecule has 2 atom stereocenters. The Morgan fingerprint density at radius 2 is 2.00 bits per heavy atom. The van der Waals surface area contributed by atoms with Gasteiger partial charge in [0.1, 0.15) is 5.82 Å². The van der Waals surface area contributed by atoms with Gasteiger partial charge in [-0.25, -0.2) is 4.39 Å². The van der Waals surface area contributed by atoms with Gasteiger partial charge in [0, 0.05) is 23.1 Å². The van der Waals surface area contributed by atoms with Crippen molar-refractivity contribution in [2.75, 3.05) is 5.75 Å². The molecule has 106 valence electrons. The highest BCUT2D eigenvalue weighted by Gasteiger charge is 2.09. The first-order valence-electron chi connectivity index (χ1n) is 6.33. The van der Waals surface area contributed by atoms with Gasteiger partial charge in [-0.2, -0.15) is 0 Å². The summed E-state index contributed by atoms with van der Waals surface area (Å²) in [5.74, 6) is 0.371. The minimum Gasteiger partial charge on any atom is -0.393 e. The molecule has 0 aliphatic carbocycles. The Labute approximate surface area is 117 Å². The van der Waals surface area contributed by atoms with Crippen molar-refractivity contribution in [3.8, 4) is 0 Å². The molecule has 0 spiro atoms. The minimum atomic E-state index is -0.413. The van der Waals surface area contributed by atoms with E-state index in [4.69, 9.17) is 0 Å². The molecule has 0 aliphatic heterocycles. The summed E-state index contributed by atoms with van der Waals surface area (Å²) in [5.41, 5.74) is 0. The lowest BCUT2D eigenvalue weighted by molar-refractivity contribution is -0.121. The van der Waals surface area contributed by atoms with Crippen molar-refractivity contribution >= 4 is 17.7 Å². The second-order valence-electron chi connectivity index (χ2n) is 4.61. The van der Waals surface area contributed by atoms with Crippen molar-refractivity contribution in [3.05, 3.63) is 30.1 Å². The van der Waals surface area contributed by atoms with Gasteiger partial charge < -0.3 is 10.4 Å². The smallest absolute Gasteiger partial charge is 0.221 e. The van der Waals surface area contributed by atoms with Gasteiger partial charge in [-0.1, -0.05) is 0 Å². The van der Waals surface area contributed by atoms with Crippen LogP contribution in [0.1, 0.15) is 26.7 Å². The van der Waals surface area contributed by atoms with Crippen LogP contribution in [-0.2, 0) is 4.79 Å². The predicted molar refractivity (Wildman–Crippen MR) is 75.6 cm³/mol. The topological polar surface area (TPSA) is 49.3 Å². The van der Waals surface area contributed by atoms with E-state index in [2.05, 4.69) is 5.32 Å². The Balaban J connectivity index is 2.21. The van der Waals surface area contributed by atoms with Crippen LogP contribution in [-0.4, -0.2) is 28.9 Å². The number of hydrogen-bond donors (Lipinski definition) is 2. The van der Waals surface area contributed by atoms with Crippen molar-refractivity contribution in [2.45, 2.75) is 43.7 Å². The quantitative estimate of drug-likeness (QED) is 0.757. The fraction of sp³-hybridized carbons (Fsp3) is 0.500. The number of amides is 1. The zero-order valence-electron chi connectivity index (χ0n) is 11.2. The molecular formula is C14H20FNO2S. The lowest BCUT2D eigenvalue weighted by atomic mass is 10.1. The fourth-order valence-electron chi connectivity index (χ4n) is 1.71. The average Bonchev–Trinajstić information content (AvgIpc) is 2.30. The monoisotopic (exact) mass is 285 g/mol. The first-order valence-corrected chi connectivity index (χ1v) is 7.31. The largest absolute Gasteiger partial charge is 0.393 e. The summed E-state index contributed by atoms with van der Waals surface area (Å²) in [5, 5.41) is 12.0. The molecule has 0 aliphatic rings. The van der Waals surface area contributed by atoms with Crippen molar-refractivity contribution in [3.63, 3.8) is 0 Å². The lowest BCUT2D eigenvalue weighted by Crippen LogP contribution is -2.34. The molecule has 0 bridgehead atoms. The summed E-state index contributed by atoms with van der Waals surface area (Å²) in [6.07, 6.45) is 0.548. The third kappa shape index (κ3) is 7.18. The van der Waals surface area contributed by atoms with Crippen LogP contribution in [0.25, 0.3) is 0 Å². The summed E-state index contributed by atoms with van der Waals surface area (Å²) < 4.78 is 12.7. The van der Waals surface area contributed by atoms with Crippen LogP contribution in [0.2, 0.25) is 0 Å². The number of carbonyl (C=O) groups is 1. The van der Waals surface area contributed by atoms with E-state index in [1.165, 1.54) is 23.9 Å². The van der Waals surface area contributed by atoms with E-state index in [1.807, 2.05) is 6.92 Å². The van der Waals surface area contributed by atoms with E-state index in [0.29, 0.717) is 18.6 Å². The van der Waals surface area contributed by atoms with Crippen LogP contribution in [0.3, 0.4) is 0 Å². The number of benzene rings is 1. The predicted octanol–water partition coefficient (Wildman–Crippen LogP) is 2.58. The number of carbonyl (C=O) groups excluding carboxylic acids is 1.